The van der Waals surface area contributed by atoms with Crippen molar-refractivity contribution in [3.8, 4) is 0 Å². The van der Waals surface area contributed by atoms with Crippen LogP contribution in [0.4, 0.5) is 0 Å². The average Bonchev–Trinajstić information content (AvgIpc) is 2.47. The number of pyridine rings is 1. The molecule has 2 aliphatic heterocycles. The number of hydrogen-bond donors (Lipinski definition) is 1. The lowest BCUT2D eigenvalue weighted by Gasteiger charge is -2.50. The second-order valence-electron chi connectivity index (χ2n) is 5.87. The number of benzene rings is 1. The fourth-order valence-electron chi connectivity index (χ4n) is 3.41. The van der Waals surface area contributed by atoms with E-state index in [9.17, 15) is 9.59 Å². The molecule has 1 spiro atoms. The maximum Gasteiger partial charge on any atom is 0.258 e. The molecule has 4 rings (SSSR count). The number of ether oxygens (including phenoxy) is 1. The van der Waals surface area contributed by atoms with E-state index < -0.39 is 5.54 Å². The minimum atomic E-state index is -0.415. The number of rotatable bonds is 1. The molecule has 2 aromatic rings. The fraction of sp³-hybridized carbons (Fsp3) is 0.375. The molecule has 0 aliphatic carbocycles. The first-order chi connectivity index (χ1) is 10.2. The Morgan fingerprint density at radius 2 is 2.00 bits per heavy atom. The van der Waals surface area contributed by atoms with E-state index in [2.05, 4.69) is 5.32 Å². The molecule has 1 aromatic heterocycles. The van der Waals surface area contributed by atoms with E-state index in [-0.39, 0.29) is 17.5 Å². The SMILES string of the molecule is O=C1CCC(n2ccc3ccccc3c2=O)C2(COC2)N1. The third kappa shape index (κ3) is 1.81. The van der Waals surface area contributed by atoms with Crippen molar-refractivity contribution < 1.29 is 9.53 Å². The van der Waals surface area contributed by atoms with Gasteiger partial charge in [-0.2, -0.15) is 0 Å². The van der Waals surface area contributed by atoms with Crippen molar-refractivity contribution in [3.05, 3.63) is 46.9 Å². The summed E-state index contributed by atoms with van der Waals surface area (Å²) in [5.74, 6) is 0.0448. The van der Waals surface area contributed by atoms with Crippen molar-refractivity contribution in [2.24, 2.45) is 0 Å². The number of nitrogens with zero attached hydrogens (tertiary/aromatic N) is 1. The Balaban J connectivity index is 1.84. The van der Waals surface area contributed by atoms with Crippen LogP contribution in [0.5, 0.6) is 0 Å². The zero-order valence-corrected chi connectivity index (χ0v) is 11.5. The van der Waals surface area contributed by atoms with Crippen molar-refractivity contribution >= 4 is 16.7 Å². The molecule has 5 heteroatoms. The second kappa shape index (κ2) is 4.43. The summed E-state index contributed by atoms with van der Waals surface area (Å²) in [5, 5.41) is 4.69. The monoisotopic (exact) mass is 284 g/mol. The van der Waals surface area contributed by atoms with Crippen LogP contribution in [0.25, 0.3) is 10.8 Å². The summed E-state index contributed by atoms with van der Waals surface area (Å²) in [6.07, 6.45) is 2.96. The van der Waals surface area contributed by atoms with Crippen molar-refractivity contribution in [2.75, 3.05) is 13.2 Å². The molecule has 108 valence electrons. The molecule has 2 fully saturated rings. The quantitative estimate of drug-likeness (QED) is 0.856. The van der Waals surface area contributed by atoms with E-state index in [4.69, 9.17) is 4.74 Å². The Morgan fingerprint density at radius 1 is 1.19 bits per heavy atom. The standard InChI is InChI=1S/C16H16N2O3/c19-14-6-5-13(16(17-14)9-21-10-16)18-8-7-11-3-1-2-4-12(11)15(18)20/h1-4,7-8,13H,5-6,9-10H2,(H,17,19). The first-order valence-corrected chi connectivity index (χ1v) is 7.18. The minimum Gasteiger partial charge on any atom is -0.376 e. The van der Waals surface area contributed by atoms with Gasteiger partial charge in [0.15, 0.2) is 0 Å². The predicted molar refractivity (Wildman–Crippen MR) is 78.2 cm³/mol. The van der Waals surface area contributed by atoms with Gasteiger partial charge in [-0.3, -0.25) is 9.59 Å². The maximum absolute atomic E-state index is 12.7. The lowest BCUT2D eigenvalue weighted by atomic mass is 9.81. The Morgan fingerprint density at radius 3 is 2.76 bits per heavy atom. The zero-order valence-electron chi connectivity index (χ0n) is 11.5. The first-order valence-electron chi connectivity index (χ1n) is 7.18. The fourth-order valence-corrected chi connectivity index (χ4v) is 3.41. The van der Waals surface area contributed by atoms with E-state index in [0.717, 1.165) is 5.39 Å². The van der Waals surface area contributed by atoms with Gasteiger partial charge in [0.05, 0.1) is 19.3 Å². The molecule has 0 saturated carbocycles. The second-order valence-corrected chi connectivity index (χ2v) is 5.87. The first kappa shape index (κ1) is 12.6. The van der Waals surface area contributed by atoms with E-state index >= 15 is 0 Å². The Bertz CT molecular complexity index is 776. The highest BCUT2D eigenvalue weighted by Gasteiger charge is 2.50. The van der Waals surface area contributed by atoms with Gasteiger partial charge in [-0.25, -0.2) is 0 Å². The van der Waals surface area contributed by atoms with Crippen molar-refractivity contribution in [1.29, 1.82) is 0 Å². The maximum atomic E-state index is 12.7. The summed E-state index contributed by atoms with van der Waals surface area (Å²) in [4.78, 5) is 24.4. The summed E-state index contributed by atoms with van der Waals surface area (Å²) >= 11 is 0. The Labute approximate surface area is 121 Å². The van der Waals surface area contributed by atoms with Gasteiger partial charge < -0.3 is 14.6 Å². The van der Waals surface area contributed by atoms with E-state index in [1.54, 1.807) is 4.57 Å². The number of amides is 1. The molecule has 5 nitrogen and oxygen atoms in total. The van der Waals surface area contributed by atoms with Gasteiger partial charge in [0, 0.05) is 18.0 Å². The van der Waals surface area contributed by atoms with Crippen LogP contribution >= 0.6 is 0 Å². The molecule has 1 unspecified atom stereocenters. The summed E-state index contributed by atoms with van der Waals surface area (Å²) < 4.78 is 7.08. The number of aromatic nitrogens is 1. The van der Waals surface area contributed by atoms with Crippen LogP contribution in [-0.4, -0.2) is 29.2 Å². The molecule has 21 heavy (non-hydrogen) atoms. The largest absolute Gasteiger partial charge is 0.376 e. The average molecular weight is 284 g/mol. The van der Waals surface area contributed by atoms with Crippen LogP contribution < -0.4 is 10.9 Å². The Hall–Kier alpha value is -2.14. The molecular formula is C16H16N2O3. The van der Waals surface area contributed by atoms with E-state index in [0.29, 0.717) is 31.4 Å². The number of nitrogens with one attached hydrogen (secondary N) is 1. The third-order valence-electron chi connectivity index (χ3n) is 4.57. The lowest BCUT2D eigenvalue weighted by Crippen LogP contribution is -2.69. The van der Waals surface area contributed by atoms with E-state index in [1.807, 2.05) is 36.5 Å². The number of carbonyl (C=O) groups excluding carboxylic acids is 1. The van der Waals surface area contributed by atoms with Gasteiger partial charge in [-0.1, -0.05) is 18.2 Å². The van der Waals surface area contributed by atoms with Gasteiger partial charge >= 0.3 is 0 Å². The number of fused-ring (bicyclic) bond motifs is 1. The van der Waals surface area contributed by atoms with E-state index in [1.165, 1.54) is 0 Å². The molecule has 3 heterocycles. The third-order valence-corrected chi connectivity index (χ3v) is 4.57. The molecule has 1 aromatic carbocycles. The Kier molecular flexibility index (Phi) is 2.65. The molecule has 1 N–H and O–H groups in total. The normalized spacial score (nSPS) is 23.8. The van der Waals surface area contributed by atoms with Crippen molar-refractivity contribution in [3.63, 3.8) is 0 Å². The molecule has 2 aliphatic rings. The van der Waals surface area contributed by atoms with Crippen LogP contribution in [0.15, 0.2) is 41.3 Å². The highest BCUT2D eigenvalue weighted by Crippen LogP contribution is 2.36. The van der Waals surface area contributed by atoms with Gasteiger partial charge in [-0.15, -0.1) is 0 Å². The molecular weight excluding hydrogens is 268 g/mol. The van der Waals surface area contributed by atoms with Crippen LogP contribution in [0.3, 0.4) is 0 Å². The summed E-state index contributed by atoms with van der Waals surface area (Å²) in [5.41, 5.74) is -0.415. The highest BCUT2D eigenvalue weighted by molar-refractivity contribution is 5.81. The molecule has 0 bridgehead atoms. The minimum absolute atomic E-state index is 0.000485. The summed E-state index contributed by atoms with van der Waals surface area (Å²) in [7, 11) is 0. The lowest BCUT2D eigenvalue weighted by molar-refractivity contribution is -0.147. The van der Waals surface area contributed by atoms with Crippen LogP contribution in [-0.2, 0) is 9.53 Å². The molecule has 2 saturated heterocycles. The van der Waals surface area contributed by atoms with Crippen molar-refractivity contribution in [2.45, 2.75) is 24.4 Å². The number of piperidine rings is 1. The topological polar surface area (TPSA) is 60.3 Å². The summed E-state index contributed by atoms with van der Waals surface area (Å²) in [6, 6.07) is 9.50. The number of carbonyl (C=O) groups is 1. The zero-order chi connectivity index (χ0) is 14.4. The predicted octanol–water partition coefficient (Wildman–Crippen LogP) is 1.22. The van der Waals surface area contributed by atoms with Gasteiger partial charge in [-0.05, 0) is 23.9 Å². The smallest absolute Gasteiger partial charge is 0.258 e. The highest BCUT2D eigenvalue weighted by atomic mass is 16.5. The number of hydrogen-bond acceptors (Lipinski definition) is 3. The summed E-state index contributed by atoms with van der Waals surface area (Å²) in [6.45, 7) is 0.950. The van der Waals surface area contributed by atoms with Crippen LogP contribution in [0.1, 0.15) is 18.9 Å². The van der Waals surface area contributed by atoms with Crippen molar-refractivity contribution in [1.82, 2.24) is 9.88 Å². The van der Waals surface area contributed by atoms with Crippen LogP contribution in [0.2, 0.25) is 0 Å². The van der Waals surface area contributed by atoms with Gasteiger partial charge in [0.25, 0.3) is 5.56 Å². The van der Waals surface area contributed by atoms with Gasteiger partial charge in [0.1, 0.15) is 5.54 Å². The van der Waals surface area contributed by atoms with Crippen LogP contribution in [0, 0.1) is 0 Å². The molecule has 1 atom stereocenters. The van der Waals surface area contributed by atoms with Gasteiger partial charge in [0.2, 0.25) is 5.91 Å². The molecule has 1 amide bonds. The molecule has 0 radical (unpaired) electrons.